The predicted molar refractivity (Wildman–Crippen MR) is 150 cm³/mol. The fourth-order valence-electron chi connectivity index (χ4n) is 4.02. The number of halogens is 3. The Labute approximate surface area is 237 Å². The molecule has 12 heteroatoms. The number of rotatable bonds is 11. The number of carbonyl (C=O) groups excluding carboxylic acids is 1. The van der Waals surface area contributed by atoms with Crippen LogP contribution in [-0.4, -0.2) is 62.9 Å². The van der Waals surface area contributed by atoms with Crippen molar-refractivity contribution >= 4 is 27.1 Å². The number of sulfone groups is 1. The van der Waals surface area contributed by atoms with Crippen molar-refractivity contribution in [2.75, 3.05) is 38.3 Å². The van der Waals surface area contributed by atoms with E-state index in [9.17, 15) is 31.5 Å². The number of carbonyl (C=O) groups is 1. The number of amides is 1. The Hall–Kier alpha value is -3.92. The van der Waals surface area contributed by atoms with E-state index >= 15 is 0 Å². The van der Waals surface area contributed by atoms with E-state index in [1.54, 1.807) is 36.4 Å². The molecular weight excluding hydrogens is 559 g/mol. The predicted octanol–water partition coefficient (Wildman–Crippen LogP) is 5.42. The van der Waals surface area contributed by atoms with Gasteiger partial charge >= 0.3 is 6.18 Å². The molecule has 3 aromatic rings. The van der Waals surface area contributed by atoms with Crippen LogP contribution < -0.4 is 10.1 Å². The molecule has 1 atom stereocenters. The van der Waals surface area contributed by atoms with E-state index in [2.05, 4.69) is 10.2 Å². The van der Waals surface area contributed by atoms with Crippen LogP contribution in [0.4, 0.5) is 24.5 Å². The monoisotopic (exact) mass is 589 g/mol. The van der Waals surface area contributed by atoms with Crippen molar-refractivity contribution in [2.24, 2.45) is 0 Å². The molecule has 3 rings (SSSR count). The van der Waals surface area contributed by atoms with E-state index in [1.807, 2.05) is 19.0 Å². The van der Waals surface area contributed by atoms with E-state index in [0.29, 0.717) is 29.5 Å². The topological polar surface area (TPSA) is 100 Å². The Morgan fingerprint density at radius 1 is 1.07 bits per heavy atom. The molecule has 0 saturated heterocycles. The highest BCUT2D eigenvalue weighted by atomic mass is 32.2. The zero-order chi connectivity index (χ0) is 30.4. The number of nitrogens with zero attached hydrogens (tertiary/aromatic N) is 2. The molecule has 0 aliphatic carbocycles. The molecule has 0 spiro atoms. The lowest BCUT2D eigenvalue weighted by molar-refractivity contribution is -0.137. The molecule has 218 valence electrons. The number of aliphatic hydroxyl groups is 1. The van der Waals surface area contributed by atoms with Crippen LogP contribution in [0.5, 0.6) is 5.75 Å². The van der Waals surface area contributed by atoms with Gasteiger partial charge < -0.3 is 20.1 Å². The second-order valence-electron chi connectivity index (χ2n) is 9.86. The minimum atomic E-state index is -4.86. The van der Waals surface area contributed by atoms with Gasteiger partial charge in [0, 0.05) is 17.8 Å². The van der Waals surface area contributed by atoms with Crippen molar-refractivity contribution in [2.45, 2.75) is 30.0 Å². The summed E-state index contributed by atoms with van der Waals surface area (Å²) >= 11 is 0. The summed E-state index contributed by atoms with van der Waals surface area (Å²) in [7, 11) is -0.386. The minimum Gasteiger partial charge on any atom is -0.494 e. The maximum Gasteiger partial charge on any atom is 0.407 e. The third-order valence-electron chi connectivity index (χ3n) is 6.03. The lowest BCUT2D eigenvalue weighted by Crippen LogP contribution is -2.45. The van der Waals surface area contributed by atoms with E-state index < -0.39 is 44.5 Å². The van der Waals surface area contributed by atoms with Gasteiger partial charge in [-0.3, -0.25) is 4.79 Å². The van der Waals surface area contributed by atoms with Gasteiger partial charge in [-0.15, -0.1) is 0 Å². The number of hydrogen-bond acceptors (Lipinski definition) is 6. The van der Waals surface area contributed by atoms with Crippen LogP contribution in [0.25, 0.3) is 16.0 Å². The van der Waals surface area contributed by atoms with Gasteiger partial charge in [0.2, 0.25) is 0 Å². The largest absolute Gasteiger partial charge is 0.494 e. The average molecular weight is 590 g/mol. The van der Waals surface area contributed by atoms with Crippen LogP contribution in [0.15, 0.2) is 71.6 Å². The van der Waals surface area contributed by atoms with Crippen molar-refractivity contribution in [3.05, 3.63) is 83.7 Å². The van der Waals surface area contributed by atoms with Gasteiger partial charge in [-0.05, 0) is 63.3 Å². The van der Waals surface area contributed by atoms with E-state index in [0.717, 1.165) is 32.0 Å². The van der Waals surface area contributed by atoms with Gasteiger partial charge in [-0.2, -0.15) is 13.2 Å². The average Bonchev–Trinajstić information content (AvgIpc) is 2.90. The lowest BCUT2D eigenvalue weighted by Gasteiger charge is -2.23. The fraction of sp³-hybridized carbons (Fsp3) is 0.310. The lowest BCUT2D eigenvalue weighted by atomic mass is 10.1. The van der Waals surface area contributed by atoms with Gasteiger partial charge in [-0.25, -0.2) is 13.3 Å². The molecule has 0 radical (unpaired) electrons. The quantitative estimate of drug-likeness (QED) is 0.229. The smallest absolute Gasteiger partial charge is 0.407 e. The van der Waals surface area contributed by atoms with Crippen molar-refractivity contribution in [3.63, 3.8) is 0 Å². The second kappa shape index (κ2) is 12.7. The Kier molecular flexibility index (Phi) is 9.81. The maximum absolute atomic E-state index is 13.5. The van der Waals surface area contributed by atoms with Gasteiger partial charge in [0.05, 0.1) is 29.4 Å². The normalized spacial score (nSPS) is 13.3. The number of hydrogen-bond donors (Lipinski definition) is 2. The van der Waals surface area contributed by atoms with Crippen molar-refractivity contribution in [1.29, 1.82) is 0 Å². The summed E-state index contributed by atoms with van der Waals surface area (Å²) in [5.41, 5.74) is -3.93. The van der Waals surface area contributed by atoms with Crippen molar-refractivity contribution in [3.8, 4) is 16.9 Å². The summed E-state index contributed by atoms with van der Waals surface area (Å²) in [6.07, 6.45) is -4.06. The highest BCUT2D eigenvalue weighted by Crippen LogP contribution is 2.38. The SMILES string of the molecule is [C-]#[N+]c1ccc(NC(=O)C(C)(O)CS(=O)(=O)c2ccccc2-c2cccc(OCCCN(C)C)c2)cc1C(F)(F)F. The molecule has 0 aliphatic heterocycles. The fourth-order valence-corrected chi connectivity index (χ4v) is 5.85. The van der Waals surface area contributed by atoms with E-state index in [1.165, 1.54) is 12.1 Å². The van der Waals surface area contributed by atoms with Crippen LogP contribution in [0.3, 0.4) is 0 Å². The number of anilines is 1. The third-order valence-corrected chi connectivity index (χ3v) is 7.99. The van der Waals surface area contributed by atoms with Gasteiger partial charge in [-0.1, -0.05) is 36.4 Å². The standard InChI is InChI=1S/C29H30F3N3O5S/c1-28(37,27(36)34-21-13-14-25(33-2)24(18-21)29(30,31)32)19-41(38,39)26-12-6-5-11-23(26)20-9-7-10-22(17-20)40-16-8-15-35(3)4/h5-7,9-14,17-18,37H,8,15-16,19H2,1,3-4H3,(H,34,36). The minimum absolute atomic E-state index is 0.140. The first kappa shape index (κ1) is 31.6. The van der Waals surface area contributed by atoms with Crippen LogP contribution in [0.1, 0.15) is 18.9 Å². The summed E-state index contributed by atoms with van der Waals surface area (Å²) < 4.78 is 72.7. The van der Waals surface area contributed by atoms with Gasteiger partial charge in [0.15, 0.2) is 21.1 Å². The molecule has 1 amide bonds. The molecular formula is C29H30F3N3O5S. The molecule has 8 nitrogen and oxygen atoms in total. The molecule has 0 saturated carbocycles. The molecule has 0 fully saturated rings. The highest BCUT2D eigenvalue weighted by Gasteiger charge is 2.38. The summed E-state index contributed by atoms with van der Waals surface area (Å²) in [5.74, 6) is -1.73. The zero-order valence-electron chi connectivity index (χ0n) is 22.7. The Bertz CT molecular complexity index is 1550. The molecule has 0 heterocycles. The number of benzene rings is 3. The van der Waals surface area contributed by atoms with Crippen LogP contribution >= 0.6 is 0 Å². The molecule has 3 aromatic carbocycles. The summed E-state index contributed by atoms with van der Waals surface area (Å²) in [6, 6.07) is 15.5. The Balaban J connectivity index is 1.83. The molecule has 0 aromatic heterocycles. The van der Waals surface area contributed by atoms with Crippen molar-refractivity contribution in [1.82, 2.24) is 4.90 Å². The maximum atomic E-state index is 13.5. The Morgan fingerprint density at radius 3 is 2.44 bits per heavy atom. The molecule has 2 N–H and O–H groups in total. The van der Waals surface area contributed by atoms with E-state index in [-0.39, 0.29) is 10.6 Å². The molecule has 0 aliphatic rings. The van der Waals surface area contributed by atoms with Gasteiger partial charge in [0.1, 0.15) is 5.75 Å². The van der Waals surface area contributed by atoms with Crippen LogP contribution in [0.2, 0.25) is 0 Å². The molecule has 41 heavy (non-hydrogen) atoms. The third kappa shape index (κ3) is 8.29. The zero-order valence-corrected chi connectivity index (χ0v) is 23.5. The first-order chi connectivity index (χ1) is 19.1. The van der Waals surface area contributed by atoms with E-state index in [4.69, 9.17) is 11.3 Å². The number of alkyl halides is 3. The summed E-state index contributed by atoms with van der Waals surface area (Å²) in [4.78, 5) is 17.6. The first-order valence-corrected chi connectivity index (χ1v) is 14.1. The van der Waals surface area contributed by atoms with Crippen molar-refractivity contribution < 1.29 is 36.2 Å². The first-order valence-electron chi connectivity index (χ1n) is 12.5. The summed E-state index contributed by atoms with van der Waals surface area (Å²) in [6.45, 7) is 9.18. The second-order valence-corrected chi connectivity index (χ2v) is 11.8. The summed E-state index contributed by atoms with van der Waals surface area (Å²) in [5, 5.41) is 13.0. The number of ether oxygens (including phenoxy) is 1. The van der Waals surface area contributed by atoms with Gasteiger partial charge in [0.25, 0.3) is 5.91 Å². The molecule has 0 bridgehead atoms. The highest BCUT2D eigenvalue weighted by molar-refractivity contribution is 7.91. The van der Waals surface area contributed by atoms with Crippen LogP contribution in [0, 0.1) is 6.57 Å². The van der Waals surface area contributed by atoms with Crippen LogP contribution in [-0.2, 0) is 20.8 Å². The number of nitrogens with one attached hydrogen (secondary N) is 1. The molecule has 1 unspecified atom stereocenters. The Morgan fingerprint density at radius 2 is 1.78 bits per heavy atom.